The third kappa shape index (κ3) is 26.7. The van der Waals surface area contributed by atoms with Gasteiger partial charge in [-0.1, -0.05) is 106 Å². The Bertz CT molecular complexity index is 6850. The van der Waals surface area contributed by atoms with Gasteiger partial charge in [-0.05, 0) is 217 Å². The number of hydrogen-bond donors (Lipinski definition) is 3. The predicted molar refractivity (Wildman–Crippen MR) is 538 cm³/mol. The lowest BCUT2D eigenvalue weighted by Gasteiger charge is -2.22. The largest absolute Gasteiger partial charge is 0.480 e. The highest BCUT2D eigenvalue weighted by molar-refractivity contribution is 9.10. The van der Waals surface area contributed by atoms with E-state index in [1.165, 1.54) is 43.3 Å². The summed E-state index contributed by atoms with van der Waals surface area (Å²) >= 11 is 15.8. The number of ketones is 6. The van der Waals surface area contributed by atoms with Gasteiger partial charge >= 0.3 is 17.9 Å². The fourth-order valence-electron chi connectivity index (χ4n) is 17.1. The SMILES string of the molecule is CC(=O)c1cn(CC(=O)O)c2ccc(N3CCCC3=O)cc12.CC(=O)c1cn(CC(=O)OC(C)(C)C)c2ccc(Br)cc12.CC(=O)c1cn(CC(=O)OC(C)(C)C)c2ccc(N3CCCC3=O)cc12.CC(=O)c1nn(CC(=O)N(CC(=O)Nc2cccc(-c3ccccc3Cl)c2F)C2CC2)c2ccc(N3CCCC3=O)cc12.O=C(CNC1CC1)Cc1cccc(-c2ccccc2Cl)c1F.O=C1CCCC1. The van der Waals surface area contributed by atoms with Crippen LogP contribution in [-0.2, 0) is 90.0 Å². The molecule has 732 valence electrons. The molecule has 12 aromatic rings. The van der Waals surface area contributed by atoms with E-state index >= 15 is 4.39 Å². The third-order valence-corrected chi connectivity index (χ3v) is 25.1. The first kappa shape index (κ1) is 104. The summed E-state index contributed by atoms with van der Waals surface area (Å²) < 4.78 is 48.2. The number of anilines is 4. The van der Waals surface area contributed by atoms with E-state index < -0.39 is 28.9 Å². The van der Waals surface area contributed by atoms with Crippen LogP contribution in [0.3, 0.4) is 0 Å². The minimum atomic E-state index is -0.967. The molecule has 0 spiro atoms. The van der Waals surface area contributed by atoms with Gasteiger partial charge in [0.2, 0.25) is 29.5 Å². The van der Waals surface area contributed by atoms with Gasteiger partial charge in [0.1, 0.15) is 61.2 Å². The van der Waals surface area contributed by atoms with Gasteiger partial charge in [0, 0.05) is 204 Å². The van der Waals surface area contributed by atoms with E-state index in [9.17, 15) is 71.5 Å². The number of benzene rings is 8. The maximum absolute atomic E-state index is 15.4. The monoisotopic (exact) mass is 2010 g/mol. The highest BCUT2D eigenvalue weighted by Gasteiger charge is 2.36. The fourth-order valence-corrected chi connectivity index (χ4v) is 18.0. The highest BCUT2D eigenvalue weighted by atomic mass is 79.9. The van der Waals surface area contributed by atoms with Crippen LogP contribution in [-0.4, -0.2) is 172 Å². The van der Waals surface area contributed by atoms with Crippen molar-refractivity contribution >= 4 is 188 Å². The summed E-state index contributed by atoms with van der Waals surface area (Å²) in [6, 6.07) is 46.0. The van der Waals surface area contributed by atoms with Crippen LogP contribution in [0.2, 0.25) is 10.0 Å². The van der Waals surface area contributed by atoms with E-state index in [0.717, 1.165) is 108 Å². The number of aromatic nitrogens is 5. The molecule has 3 saturated carbocycles. The minimum Gasteiger partial charge on any atom is -0.480 e. The number of nitrogens with zero attached hydrogens (tertiary/aromatic N) is 9. The molecule has 7 heterocycles. The van der Waals surface area contributed by atoms with Gasteiger partial charge in [-0.25, -0.2) is 8.78 Å². The quantitative estimate of drug-likeness (QED) is 0.0335. The van der Waals surface area contributed by atoms with Crippen molar-refractivity contribution in [2.45, 2.75) is 215 Å². The van der Waals surface area contributed by atoms with Crippen LogP contribution < -0.4 is 25.3 Å². The van der Waals surface area contributed by atoms with E-state index in [4.69, 9.17) is 37.8 Å². The van der Waals surface area contributed by atoms with E-state index in [1.807, 2.05) is 84.0 Å². The Morgan fingerprint density at radius 3 is 1.33 bits per heavy atom. The zero-order valence-corrected chi connectivity index (χ0v) is 82.9. The Hall–Kier alpha value is -13.5. The number of carboxylic acid groups (broad SMARTS) is 1. The normalized spacial score (nSPS) is 14.6. The smallest absolute Gasteiger partial charge is 0.326 e. The molecule has 3 aliphatic carbocycles. The molecule has 0 unspecified atom stereocenters. The maximum Gasteiger partial charge on any atom is 0.326 e. The number of carboxylic acids is 1. The van der Waals surface area contributed by atoms with Crippen molar-refractivity contribution in [2.75, 3.05) is 52.7 Å². The molecule has 0 atom stereocenters. The summed E-state index contributed by atoms with van der Waals surface area (Å²) in [6.45, 7) is 18.6. The Balaban J connectivity index is 0.000000149. The van der Waals surface area contributed by atoms with E-state index in [-0.39, 0.29) is 132 Å². The maximum atomic E-state index is 15.4. The van der Waals surface area contributed by atoms with Crippen molar-refractivity contribution in [3.8, 4) is 22.3 Å². The number of aliphatic carboxylic acids is 1. The lowest BCUT2D eigenvalue weighted by atomic mass is 9.99. The van der Waals surface area contributed by atoms with Gasteiger partial charge in [-0.15, -0.1) is 0 Å². The molecular formula is C107H112BrCl2F2N11O17. The second kappa shape index (κ2) is 45.6. The van der Waals surface area contributed by atoms with Crippen LogP contribution in [0.4, 0.5) is 31.5 Å². The van der Waals surface area contributed by atoms with Crippen molar-refractivity contribution in [3.63, 3.8) is 0 Å². The number of hydrogen-bond acceptors (Lipinski definition) is 18. The first-order chi connectivity index (χ1) is 66.5. The minimum absolute atomic E-state index is 0.00195. The van der Waals surface area contributed by atoms with Gasteiger partial charge < -0.3 is 58.5 Å². The predicted octanol–water partition coefficient (Wildman–Crippen LogP) is 19.9. The molecule has 0 bridgehead atoms. The van der Waals surface area contributed by atoms with Crippen LogP contribution in [0, 0.1) is 11.6 Å². The average molecular weight is 2010 g/mol. The van der Waals surface area contributed by atoms with Crippen LogP contribution in [0.1, 0.15) is 206 Å². The Morgan fingerprint density at radius 1 is 0.486 bits per heavy atom. The number of carbonyl (C=O) groups excluding carboxylic acids is 13. The van der Waals surface area contributed by atoms with Crippen molar-refractivity contribution in [1.82, 2.24) is 33.7 Å². The van der Waals surface area contributed by atoms with Gasteiger partial charge in [-0.2, -0.15) is 5.10 Å². The molecular weight excluding hydrogens is 1900 g/mol. The molecule has 5 amide bonds. The number of rotatable bonds is 26. The molecule has 33 heteroatoms. The van der Waals surface area contributed by atoms with Crippen molar-refractivity contribution < 1.29 is 90.5 Å². The second-order valence-electron chi connectivity index (χ2n) is 37.3. The standard InChI is InChI=1S/C32H29ClFN5O4.C20H24N2O4.C18H17ClFNO.C16H18BrNO3.C16H16N2O4.C5H8O/c1-19(40)32-24-16-21(37-15-5-10-29(37)42)13-14-27(24)39(36-32)18-30(43)38(20-11-12-20)17-28(41)35-26-9-4-7-23(31(26)34)22-6-2-3-8-25(22)33;1-13(23)16-11-21(12-19(25)26-20(2,3)4)17-8-7-14(10-15(16)17)22-9-5-6-18(22)24;19-17-7-2-1-5-15(17)16-6-3-4-12(18(16)20)10-14(22)11-21-13-8-9-13;1-10(19)13-8-18(9-15(20)21-16(2,3)4)14-6-5-11(17)7-12(13)14;1-10(19)13-8-17(9-16(21)22)14-5-4-11(7-12(13)14)18-6-2-3-15(18)20;6-5-3-1-2-4-5/h2-4,6-9,13-14,16,20H,5,10-12,15,17-18H2,1H3,(H,35,41);7-8,10-11H,5-6,9,12H2,1-4H3;1-7,13,21H,8-11H2;5-8H,9H2,1-4H3;4-5,7-8H,2-3,6,9H2,1H3,(H,21,22);1-4H2. The highest BCUT2D eigenvalue weighted by Crippen LogP contribution is 2.39. The van der Waals surface area contributed by atoms with Crippen LogP contribution in [0.5, 0.6) is 0 Å². The van der Waals surface area contributed by atoms with Crippen molar-refractivity contribution in [3.05, 3.63) is 230 Å². The molecule has 3 saturated heterocycles. The number of carbonyl (C=O) groups is 14. The van der Waals surface area contributed by atoms with Crippen LogP contribution in [0.15, 0.2) is 181 Å². The number of Topliss-reactive ketones (excluding diaryl/α,β-unsaturated/α-hetero) is 6. The first-order valence-electron chi connectivity index (χ1n) is 46.6. The Kier molecular flexibility index (Phi) is 33.9. The molecule has 4 aromatic heterocycles. The van der Waals surface area contributed by atoms with Gasteiger partial charge in [-0.3, -0.25) is 71.8 Å². The first-order valence-corrected chi connectivity index (χ1v) is 48.2. The molecule has 6 fully saturated rings. The fraction of sp³-hybridized carbons (Fsp3) is 0.355. The number of nitrogens with one attached hydrogen (secondary N) is 2. The van der Waals surface area contributed by atoms with Crippen molar-refractivity contribution in [2.24, 2.45) is 0 Å². The summed E-state index contributed by atoms with van der Waals surface area (Å²) in [5, 5.41) is 22.9. The van der Waals surface area contributed by atoms with Gasteiger partial charge in [0.15, 0.2) is 34.7 Å². The van der Waals surface area contributed by atoms with Crippen LogP contribution in [0.25, 0.3) is 65.9 Å². The third-order valence-electron chi connectivity index (χ3n) is 24.0. The molecule has 3 aliphatic heterocycles. The number of halogens is 5. The lowest BCUT2D eigenvalue weighted by molar-refractivity contribution is -0.156. The summed E-state index contributed by atoms with van der Waals surface area (Å²) in [5.74, 6) is -3.35. The average Bonchev–Trinajstić information content (AvgIpc) is 1.68. The zero-order chi connectivity index (χ0) is 101. The molecule has 28 nitrogen and oxygen atoms in total. The lowest BCUT2D eigenvalue weighted by Crippen LogP contribution is -2.41. The number of esters is 2. The second-order valence-corrected chi connectivity index (χ2v) is 39.1. The van der Waals surface area contributed by atoms with E-state index in [2.05, 4.69) is 31.7 Å². The number of ether oxygens (including phenoxy) is 2. The molecule has 0 radical (unpaired) electrons. The number of amides is 5. The van der Waals surface area contributed by atoms with Crippen LogP contribution >= 0.6 is 39.1 Å². The van der Waals surface area contributed by atoms with Gasteiger partial charge in [0.05, 0.1) is 17.7 Å². The number of fused-ring (bicyclic) bond motifs is 4. The van der Waals surface area contributed by atoms with Gasteiger partial charge in [0.25, 0.3) is 0 Å². The summed E-state index contributed by atoms with van der Waals surface area (Å²) in [6.07, 6.45) is 16.8. The van der Waals surface area contributed by atoms with E-state index in [1.54, 1.807) is 156 Å². The zero-order valence-electron chi connectivity index (χ0n) is 79.8. The molecule has 8 aromatic carbocycles. The molecule has 6 aliphatic rings. The summed E-state index contributed by atoms with van der Waals surface area (Å²) in [7, 11) is 0. The molecule has 140 heavy (non-hydrogen) atoms. The Morgan fingerprint density at radius 2 is 0.914 bits per heavy atom. The van der Waals surface area contributed by atoms with E-state index in [0.29, 0.717) is 134 Å². The topological polar surface area (TPSA) is 347 Å². The summed E-state index contributed by atoms with van der Waals surface area (Å²) in [5.41, 5.74) is 8.09. The van der Waals surface area contributed by atoms with Crippen molar-refractivity contribution in [1.29, 1.82) is 0 Å². The summed E-state index contributed by atoms with van der Waals surface area (Å²) in [4.78, 5) is 175. The molecule has 3 N–H and O–H groups in total. The molecule has 18 rings (SSSR count). The Labute approximate surface area is 827 Å².